The Hall–Kier alpha value is -3.12. The molecular formula is C23H27N3O3. The van der Waals surface area contributed by atoms with E-state index in [2.05, 4.69) is 22.3 Å². The van der Waals surface area contributed by atoms with Gasteiger partial charge in [0.2, 0.25) is 5.91 Å². The molecule has 2 aromatic carbocycles. The van der Waals surface area contributed by atoms with Gasteiger partial charge in [-0.05, 0) is 73.8 Å². The van der Waals surface area contributed by atoms with E-state index in [1.807, 2.05) is 12.1 Å². The predicted molar refractivity (Wildman–Crippen MR) is 115 cm³/mol. The molecule has 0 bridgehead atoms. The molecule has 152 valence electrons. The van der Waals surface area contributed by atoms with E-state index in [9.17, 15) is 9.59 Å². The Morgan fingerprint density at radius 2 is 1.72 bits per heavy atom. The van der Waals surface area contributed by atoms with E-state index in [1.54, 1.807) is 30.3 Å². The van der Waals surface area contributed by atoms with Crippen molar-refractivity contribution >= 4 is 23.6 Å². The molecule has 0 aromatic heterocycles. The van der Waals surface area contributed by atoms with Crippen LogP contribution in [-0.4, -0.2) is 43.0 Å². The Balaban J connectivity index is 1.45. The second kappa shape index (κ2) is 10.4. The van der Waals surface area contributed by atoms with Crippen molar-refractivity contribution in [2.24, 2.45) is 5.73 Å². The number of likely N-dealkylation sites (tertiary alicyclic amines) is 1. The lowest BCUT2D eigenvalue weighted by atomic mass is 10.1. The topological polar surface area (TPSA) is 84.7 Å². The lowest BCUT2D eigenvalue weighted by molar-refractivity contribution is -0.120. The van der Waals surface area contributed by atoms with Crippen LogP contribution in [0.25, 0.3) is 6.08 Å². The van der Waals surface area contributed by atoms with Crippen molar-refractivity contribution in [3.8, 4) is 5.75 Å². The van der Waals surface area contributed by atoms with Crippen LogP contribution < -0.4 is 15.8 Å². The van der Waals surface area contributed by atoms with Crippen molar-refractivity contribution in [2.45, 2.75) is 19.3 Å². The zero-order valence-corrected chi connectivity index (χ0v) is 16.5. The van der Waals surface area contributed by atoms with Gasteiger partial charge in [0.05, 0.1) is 0 Å². The van der Waals surface area contributed by atoms with Crippen LogP contribution in [0.4, 0.5) is 5.69 Å². The highest BCUT2D eigenvalue weighted by molar-refractivity contribution is 6.01. The summed E-state index contributed by atoms with van der Waals surface area (Å²) in [5.41, 5.74) is 7.95. The smallest absolute Gasteiger partial charge is 0.255 e. The van der Waals surface area contributed by atoms with Gasteiger partial charge in [-0.1, -0.05) is 24.3 Å². The minimum Gasteiger partial charge on any atom is -0.484 e. The fourth-order valence-corrected chi connectivity index (χ4v) is 3.23. The monoisotopic (exact) mass is 393 g/mol. The van der Waals surface area contributed by atoms with Gasteiger partial charge in [0.1, 0.15) is 5.75 Å². The molecule has 1 aliphatic rings. The van der Waals surface area contributed by atoms with Crippen molar-refractivity contribution in [3.05, 3.63) is 65.7 Å². The van der Waals surface area contributed by atoms with E-state index in [0.29, 0.717) is 5.75 Å². The Bertz CT molecular complexity index is 839. The number of anilines is 1. The van der Waals surface area contributed by atoms with Crippen LogP contribution in [0.3, 0.4) is 0 Å². The predicted octanol–water partition coefficient (Wildman–Crippen LogP) is 2.84. The van der Waals surface area contributed by atoms with Crippen LogP contribution in [0.2, 0.25) is 0 Å². The maximum Gasteiger partial charge on any atom is 0.255 e. The Kier molecular flexibility index (Phi) is 7.41. The second-order valence-electron chi connectivity index (χ2n) is 7.14. The normalized spacial score (nSPS) is 14.2. The summed E-state index contributed by atoms with van der Waals surface area (Å²) in [5, 5.41) is 2.87. The number of benzene rings is 2. The first-order chi connectivity index (χ1) is 14.1. The summed E-state index contributed by atoms with van der Waals surface area (Å²) in [7, 11) is 0. The molecule has 3 rings (SSSR count). The van der Waals surface area contributed by atoms with Crippen LogP contribution in [0.5, 0.6) is 5.75 Å². The maximum absolute atomic E-state index is 12.1. The van der Waals surface area contributed by atoms with Crippen molar-refractivity contribution in [3.63, 3.8) is 0 Å². The average Bonchev–Trinajstić information content (AvgIpc) is 3.25. The Morgan fingerprint density at radius 1 is 1.03 bits per heavy atom. The van der Waals surface area contributed by atoms with Crippen molar-refractivity contribution < 1.29 is 14.3 Å². The van der Waals surface area contributed by atoms with Gasteiger partial charge < -0.3 is 20.7 Å². The highest BCUT2D eigenvalue weighted by atomic mass is 16.5. The van der Waals surface area contributed by atoms with Gasteiger partial charge in [0.15, 0.2) is 6.61 Å². The molecule has 1 saturated heterocycles. The second-order valence-corrected chi connectivity index (χ2v) is 7.14. The van der Waals surface area contributed by atoms with Crippen LogP contribution in [-0.2, 0) is 16.0 Å². The first kappa shape index (κ1) is 20.6. The molecule has 6 nitrogen and oxygen atoms in total. The van der Waals surface area contributed by atoms with Crippen molar-refractivity contribution in [1.29, 1.82) is 0 Å². The van der Waals surface area contributed by atoms with Gasteiger partial charge in [-0.2, -0.15) is 0 Å². The quantitative estimate of drug-likeness (QED) is 0.642. The average molecular weight is 393 g/mol. The van der Waals surface area contributed by atoms with E-state index in [1.165, 1.54) is 37.6 Å². The van der Waals surface area contributed by atoms with Gasteiger partial charge in [-0.3, -0.25) is 9.59 Å². The Morgan fingerprint density at radius 3 is 2.38 bits per heavy atom. The van der Waals surface area contributed by atoms with Gasteiger partial charge in [0, 0.05) is 18.3 Å². The Labute approximate surface area is 171 Å². The third-order valence-electron chi connectivity index (χ3n) is 4.83. The summed E-state index contributed by atoms with van der Waals surface area (Å²) in [6.07, 6.45) is 6.86. The first-order valence-corrected chi connectivity index (χ1v) is 9.90. The van der Waals surface area contributed by atoms with Gasteiger partial charge in [-0.25, -0.2) is 0 Å². The largest absolute Gasteiger partial charge is 0.484 e. The summed E-state index contributed by atoms with van der Waals surface area (Å²) in [6.45, 7) is 3.36. The number of amides is 2. The summed E-state index contributed by atoms with van der Waals surface area (Å²) in [5.74, 6) is -0.163. The summed E-state index contributed by atoms with van der Waals surface area (Å²) >= 11 is 0. The highest BCUT2D eigenvalue weighted by Gasteiger charge is 2.10. The molecular weight excluding hydrogens is 366 g/mol. The summed E-state index contributed by atoms with van der Waals surface area (Å²) < 4.78 is 5.20. The zero-order valence-electron chi connectivity index (χ0n) is 16.5. The van der Waals surface area contributed by atoms with E-state index in [-0.39, 0.29) is 12.5 Å². The first-order valence-electron chi connectivity index (χ1n) is 9.90. The number of nitrogens with two attached hydrogens (primary N) is 1. The third kappa shape index (κ3) is 7.08. The molecule has 29 heavy (non-hydrogen) atoms. The van der Waals surface area contributed by atoms with E-state index in [4.69, 9.17) is 10.5 Å². The van der Waals surface area contributed by atoms with Crippen LogP contribution in [0, 0.1) is 0 Å². The lowest BCUT2D eigenvalue weighted by Crippen LogP contribution is -2.21. The van der Waals surface area contributed by atoms with Crippen molar-refractivity contribution in [2.75, 3.05) is 31.6 Å². The molecule has 0 unspecified atom stereocenters. The molecule has 1 aliphatic heterocycles. The number of primary amides is 1. The number of hydrogen-bond acceptors (Lipinski definition) is 4. The standard InChI is InChI=1S/C23H27N3O3/c24-22(27)17-29-21-10-5-18(6-11-21)7-12-23(28)25-20-8-3-19(4-9-20)13-16-26-14-1-2-15-26/h3-12H,1-2,13-17H2,(H2,24,27)(H,25,28). The number of hydrogen-bond donors (Lipinski definition) is 2. The molecule has 0 radical (unpaired) electrons. The molecule has 6 heteroatoms. The number of nitrogens with zero attached hydrogens (tertiary/aromatic N) is 1. The van der Waals surface area contributed by atoms with Gasteiger partial charge >= 0.3 is 0 Å². The fourth-order valence-electron chi connectivity index (χ4n) is 3.23. The van der Waals surface area contributed by atoms with Crippen LogP contribution in [0.15, 0.2) is 54.6 Å². The lowest BCUT2D eigenvalue weighted by Gasteiger charge is -2.14. The summed E-state index contributed by atoms with van der Waals surface area (Å²) in [4.78, 5) is 25.3. The summed E-state index contributed by atoms with van der Waals surface area (Å²) in [6, 6.07) is 15.1. The number of ether oxygens (including phenoxy) is 1. The minimum atomic E-state index is -0.523. The molecule has 1 fully saturated rings. The number of carbonyl (C=O) groups excluding carboxylic acids is 2. The van der Waals surface area contributed by atoms with E-state index < -0.39 is 5.91 Å². The van der Waals surface area contributed by atoms with E-state index in [0.717, 1.165) is 24.2 Å². The molecule has 1 heterocycles. The highest BCUT2D eigenvalue weighted by Crippen LogP contribution is 2.15. The van der Waals surface area contributed by atoms with Crippen molar-refractivity contribution in [1.82, 2.24) is 4.90 Å². The number of nitrogens with one attached hydrogen (secondary N) is 1. The zero-order chi connectivity index (χ0) is 20.5. The van der Waals surface area contributed by atoms with Crippen LogP contribution >= 0.6 is 0 Å². The van der Waals surface area contributed by atoms with E-state index >= 15 is 0 Å². The fraction of sp³-hybridized carbons (Fsp3) is 0.304. The molecule has 0 saturated carbocycles. The molecule has 0 spiro atoms. The van der Waals surface area contributed by atoms with Crippen LogP contribution in [0.1, 0.15) is 24.0 Å². The minimum absolute atomic E-state index is 0.158. The molecule has 0 atom stereocenters. The molecule has 0 aliphatic carbocycles. The van der Waals surface area contributed by atoms with Gasteiger partial charge in [-0.15, -0.1) is 0 Å². The molecule has 2 amide bonds. The molecule has 3 N–H and O–H groups in total. The molecule has 2 aromatic rings. The van der Waals surface area contributed by atoms with Gasteiger partial charge in [0.25, 0.3) is 5.91 Å². The maximum atomic E-state index is 12.1. The third-order valence-corrected chi connectivity index (χ3v) is 4.83. The number of carbonyl (C=O) groups is 2. The number of rotatable bonds is 9. The SMILES string of the molecule is NC(=O)COc1ccc(C=CC(=O)Nc2ccc(CCN3CCCC3)cc2)cc1.